The molecule has 0 saturated carbocycles. The lowest BCUT2D eigenvalue weighted by Gasteiger charge is -2.13. The van der Waals surface area contributed by atoms with Crippen molar-refractivity contribution >= 4 is 49.0 Å². The van der Waals surface area contributed by atoms with Crippen LogP contribution in [0.3, 0.4) is 0 Å². The van der Waals surface area contributed by atoms with Crippen LogP contribution in [0.15, 0.2) is 32.7 Å². The SMILES string of the molecule is FC(F)(F)c1cc(Br)cnc1NCc1ccc(Br)s1. The summed E-state index contributed by atoms with van der Waals surface area (Å²) in [5, 5.41) is 2.71. The molecule has 0 spiro atoms. The van der Waals surface area contributed by atoms with Crippen LogP contribution in [-0.2, 0) is 12.7 Å². The number of hydrogen-bond acceptors (Lipinski definition) is 3. The molecule has 102 valence electrons. The van der Waals surface area contributed by atoms with Crippen molar-refractivity contribution in [2.45, 2.75) is 12.7 Å². The van der Waals surface area contributed by atoms with Crippen LogP contribution >= 0.6 is 43.2 Å². The number of halogens is 5. The first-order chi connectivity index (χ1) is 8.86. The van der Waals surface area contributed by atoms with Crippen LogP contribution in [0.25, 0.3) is 0 Å². The van der Waals surface area contributed by atoms with E-state index in [0.29, 0.717) is 11.0 Å². The number of rotatable bonds is 3. The van der Waals surface area contributed by atoms with Gasteiger partial charge in [0.15, 0.2) is 0 Å². The van der Waals surface area contributed by atoms with Gasteiger partial charge in [0.25, 0.3) is 0 Å². The quantitative estimate of drug-likeness (QED) is 0.735. The molecule has 2 aromatic rings. The van der Waals surface area contributed by atoms with Crippen LogP contribution < -0.4 is 5.32 Å². The van der Waals surface area contributed by atoms with Crippen molar-refractivity contribution in [3.8, 4) is 0 Å². The molecule has 0 amide bonds. The number of anilines is 1. The van der Waals surface area contributed by atoms with Gasteiger partial charge in [0.2, 0.25) is 0 Å². The van der Waals surface area contributed by atoms with Crippen molar-refractivity contribution in [1.82, 2.24) is 4.98 Å². The van der Waals surface area contributed by atoms with Crippen LogP contribution in [-0.4, -0.2) is 4.98 Å². The van der Waals surface area contributed by atoms with Gasteiger partial charge in [0.05, 0.1) is 15.9 Å². The lowest BCUT2D eigenvalue weighted by Crippen LogP contribution is -2.12. The summed E-state index contributed by atoms with van der Waals surface area (Å²) in [6, 6.07) is 4.70. The molecule has 0 bridgehead atoms. The van der Waals surface area contributed by atoms with Crippen LogP contribution in [0.5, 0.6) is 0 Å². The number of nitrogens with one attached hydrogen (secondary N) is 1. The fourth-order valence-electron chi connectivity index (χ4n) is 1.41. The highest BCUT2D eigenvalue weighted by Gasteiger charge is 2.34. The highest BCUT2D eigenvalue weighted by atomic mass is 79.9. The van der Waals surface area contributed by atoms with E-state index in [4.69, 9.17) is 0 Å². The average Bonchev–Trinajstić information content (AvgIpc) is 2.72. The Bertz CT molecular complexity index is 584. The van der Waals surface area contributed by atoms with E-state index in [2.05, 4.69) is 42.2 Å². The molecule has 0 saturated heterocycles. The summed E-state index contributed by atoms with van der Waals surface area (Å²) in [5.41, 5.74) is -0.780. The predicted octanol–water partition coefficient (Wildman–Crippen LogP) is 5.30. The van der Waals surface area contributed by atoms with Crippen molar-refractivity contribution in [3.63, 3.8) is 0 Å². The van der Waals surface area contributed by atoms with Gasteiger partial charge in [-0.05, 0) is 50.1 Å². The Morgan fingerprint density at radius 2 is 2.00 bits per heavy atom. The fraction of sp³-hybridized carbons (Fsp3) is 0.182. The summed E-state index contributed by atoms with van der Waals surface area (Å²) in [7, 11) is 0. The summed E-state index contributed by atoms with van der Waals surface area (Å²) in [6.45, 7) is 0.300. The Labute approximate surface area is 128 Å². The molecule has 0 unspecified atom stereocenters. The molecule has 8 heteroatoms. The molecule has 2 rings (SSSR count). The van der Waals surface area contributed by atoms with Gasteiger partial charge >= 0.3 is 6.18 Å². The first kappa shape index (κ1) is 14.8. The highest BCUT2D eigenvalue weighted by Crippen LogP contribution is 2.35. The van der Waals surface area contributed by atoms with Crippen molar-refractivity contribution in [3.05, 3.63) is 43.1 Å². The Kier molecular flexibility index (Phi) is 4.52. The molecule has 0 aromatic carbocycles. The van der Waals surface area contributed by atoms with Gasteiger partial charge in [0.1, 0.15) is 5.82 Å². The maximum atomic E-state index is 12.9. The number of pyridine rings is 1. The third-order valence-electron chi connectivity index (χ3n) is 2.22. The van der Waals surface area contributed by atoms with E-state index in [0.717, 1.165) is 14.7 Å². The molecule has 2 heterocycles. The molecule has 0 fully saturated rings. The van der Waals surface area contributed by atoms with Crippen molar-refractivity contribution in [2.24, 2.45) is 0 Å². The van der Waals surface area contributed by atoms with E-state index in [1.807, 2.05) is 12.1 Å². The van der Waals surface area contributed by atoms with Crippen LogP contribution in [0.1, 0.15) is 10.4 Å². The molecule has 0 aliphatic heterocycles. The molecule has 2 nitrogen and oxygen atoms in total. The van der Waals surface area contributed by atoms with E-state index in [-0.39, 0.29) is 5.82 Å². The lowest BCUT2D eigenvalue weighted by atomic mass is 10.2. The minimum atomic E-state index is -4.44. The Hall–Kier alpha value is -0.600. The van der Waals surface area contributed by atoms with Gasteiger partial charge in [-0.25, -0.2) is 4.98 Å². The number of nitrogens with zero attached hydrogens (tertiary/aromatic N) is 1. The number of alkyl halides is 3. The molecule has 0 aliphatic rings. The first-order valence-corrected chi connectivity index (χ1v) is 7.47. The minimum Gasteiger partial charge on any atom is -0.365 e. The smallest absolute Gasteiger partial charge is 0.365 e. The van der Waals surface area contributed by atoms with Gasteiger partial charge < -0.3 is 5.32 Å². The van der Waals surface area contributed by atoms with Gasteiger partial charge in [0, 0.05) is 15.5 Å². The molecule has 0 atom stereocenters. The zero-order chi connectivity index (χ0) is 14.0. The summed E-state index contributed by atoms with van der Waals surface area (Å²) in [6.07, 6.45) is -3.10. The second-order valence-corrected chi connectivity index (χ2v) is 7.07. The zero-order valence-corrected chi connectivity index (χ0v) is 13.3. The third kappa shape index (κ3) is 3.93. The van der Waals surface area contributed by atoms with E-state index in [1.165, 1.54) is 17.5 Å². The Morgan fingerprint density at radius 3 is 2.58 bits per heavy atom. The van der Waals surface area contributed by atoms with Crippen LogP contribution in [0, 0.1) is 0 Å². The second-order valence-electron chi connectivity index (χ2n) is 3.61. The summed E-state index contributed by atoms with van der Waals surface area (Å²) in [4.78, 5) is 4.70. The van der Waals surface area contributed by atoms with Crippen LogP contribution in [0.2, 0.25) is 0 Å². The maximum Gasteiger partial charge on any atom is 0.419 e. The predicted molar refractivity (Wildman–Crippen MR) is 76.3 cm³/mol. The van der Waals surface area contributed by atoms with Gasteiger partial charge in [-0.3, -0.25) is 0 Å². The van der Waals surface area contributed by atoms with E-state index in [9.17, 15) is 13.2 Å². The van der Waals surface area contributed by atoms with Gasteiger partial charge in [-0.15, -0.1) is 11.3 Å². The number of hydrogen-bond donors (Lipinski definition) is 1. The third-order valence-corrected chi connectivity index (χ3v) is 4.28. The van der Waals surface area contributed by atoms with Crippen molar-refractivity contribution in [1.29, 1.82) is 0 Å². The largest absolute Gasteiger partial charge is 0.419 e. The summed E-state index contributed by atoms with van der Waals surface area (Å²) in [5.74, 6) is -0.166. The normalized spacial score (nSPS) is 11.6. The lowest BCUT2D eigenvalue weighted by molar-refractivity contribution is -0.137. The van der Waals surface area contributed by atoms with Crippen LogP contribution in [0.4, 0.5) is 19.0 Å². The average molecular weight is 416 g/mol. The molecule has 1 N–H and O–H groups in total. The highest BCUT2D eigenvalue weighted by molar-refractivity contribution is 9.11. The monoisotopic (exact) mass is 414 g/mol. The summed E-state index contributed by atoms with van der Waals surface area (Å²) >= 11 is 7.76. The van der Waals surface area contributed by atoms with E-state index < -0.39 is 11.7 Å². The molecule has 19 heavy (non-hydrogen) atoms. The van der Waals surface area contributed by atoms with Gasteiger partial charge in [-0.1, -0.05) is 0 Å². The fourth-order valence-corrected chi connectivity index (χ4v) is 3.17. The maximum absolute atomic E-state index is 12.9. The number of thiophene rings is 1. The van der Waals surface area contributed by atoms with E-state index in [1.54, 1.807) is 0 Å². The second kappa shape index (κ2) is 5.80. The molecule has 2 aromatic heterocycles. The molecular weight excluding hydrogens is 409 g/mol. The standard InChI is InChI=1S/C11H7Br2F3N2S/c12-6-3-8(11(14,15)16)10(17-4-6)18-5-7-1-2-9(13)19-7/h1-4H,5H2,(H,17,18). The summed E-state index contributed by atoms with van der Waals surface area (Å²) < 4.78 is 39.8. The van der Waals surface area contributed by atoms with Gasteiger partial charge in [-0.2, -0.15) is 13.2 Å². The van der Waals surface area contributed by atoms with Crippen molar-refractivity contribution < 1.29 is 13.2 Å². The number of aromatic nitrogens is 1. The Morgan fingerprint density at radius 1 is 1.26 bits per heavy atom. The first-order valence-electron chi connectivity index (χ1n) is 5.07. The zero-order valence-electron chi connectivity index (χ0n) is 9.26. The molecular formula is C11H7Br2F3N2S. The van der Waals surface area contributed by atoms with Crippen molar-refractivity contribution in [2.75, 3.05) is 5.32 Å². The topological polar surface area (TPSA) is 24.9 Å². The molecule has 0 aliphatic carbocycles. The molecule has 0 radical (unpaired) electrons. The van der Waals surface area contributed by atoms with E-state index >= 15 is 0 Å². The Balaban J connectivity index is 2.20. The minimum absolute atomic E-state index is 0.166.